The molecule has 1 aromatic rings. The minimum Gasteiger partial charge on any atom is -0.491 e. The van der Waals surface area contributed by atoms with Crippen molar-refractivity contribution in [3.8, 4) is 5.75 Å². The van der Waals surface area contributed by atoms with Gasteiger partial charge < -0.3 is 9.84 Å². The van der Waals surface area contributed by atoms with Crippen LogP contribution in [0.5, 0.6) is 5.75 Å². The molecule has 0 aliphatic heterocycles. The van der Waals surface area contributed by atoms with Crippen LogP contribution in [0.15, 0.2) is 36.9 Å². The highest BCUT2D eigenvalue weighted by atomic mass is 16.5. The summed E-state index contributed by atoms with van der Waals surface area (Å²) in [5.41, 5.74) is 0.903. The van der Waals surface area contributed by atoms with Gasteiger partial charge in [0, 0.05) is 0 Å². The number of allylic oxidation sites excluding steroid dienone is 1. The first-order valence-electron chi connectivity index (χ1n) is 5.69. The van der Waals surface area contributed by atoms with Crippen molar-refractivity contribution >= 4 is 0 Å². The third-order valence-corrected chi connectivity index (χ3v) is 2.26. The highest BCUT2D eigenvalue weighted by Crippen LogP contribution is 2.23. The predicted octanol–water partition coefficient (Wildman–Crippen LogP) is 3.47. The third kappa shape index (κ3) is 4.07. The lowest BCUT2D eigenvalue weighted by atomic mass is 10.0. The Morgan fingerprint density at radius 1 is 1.44 bits per heavy atom. The maximum Gasteiger partial charge on any atom is 0.120 e. The predicted molar refractivity (Wildman–Crippen MR) is 66.6 cm³/mol. The molecule has 0 spiro atoms. The number of rotatable bonds is 6. The van der Waals surface area contributed by atoms with E-state index in [2.05, 4.69) is 6.58 Å². The third-order valence-electron chi connectivity index (χ3n) is 2.26. The second-order valence-corrected chi connectivity index (χ2v) is 4.12. The van der Waals surface area contributed by atoms with Crippen LogP contribution >= 0.6 is 0 Å². The average Bonchev–Trinajstić information content (AvgIpc) is 2.25. The zero-order chi connectivity index (χ0) is 12.0. The molecule has 0 saturated heterocycles. The molecule has 0 bridgehead atoms. The summed E-state index contributed by atoms with van der Waals surface area (Å²) in [5.74, 6) is 0.810. The Balaban J connectivity index is 2.69. The Bertz CT molecular complexity index is 331. The number of hydrogen-bond donors (Lipinski definition) is 1. The number of hydrogen-bond acceptors (Lipinski definition) is 2. The van der Waals surface area contributed by atoms with Crippen LogP contribution < -0.4 is 4.74 Å². The van der Waals surface area contributed by atoms with Gasteiger partial charge in [0.1, 0.15) is 5.75 Å². The van der Waals surface area contributed by atoms with Crippen molar-refractivity contribution in [2.45, 2.75) is 38.9 Å². The van der Waals surface area contributed by atoms with E-state index in [1.165, 1.54) is 0 Å². The summed E-state index contributed by atoms with van der Waals surface area (Å²) in [6, 6.07) is 7.63. The van der Waals surface area contributed by atoms with Gasteiger partial charge >= 0.3 is 0 Å². The van der Waals surface area contributed by atoms with Crippen LogP contribution in [0.1, 0.15) is 38.4 Å². The largest absolute Gasteiger partial charge is 0.491 e. The molecule has 0 heterocycles. The maximum atomic E-state index is 9.91. The molecule has 0 radical (unpaired) electrons. The molecule has 0 saturated carbocycles. The minimum absolute atomic E-state index is 0.153. The highest BCUT2D eigenvalue weighted by Gasteiger charge is 2.07. The first-order valence-corrected chi connectivity index (χ1v) is 5.69. The Morgan fingerprint density at radius 2 is 2.19 bits per heavy atom. The molecule has 1 rings (SSSR count). The van der Waals surface area contributed by atoms with Crippen LogP contribution in [0.3, 0.4) is 0 Å². The number of benzene rings is 1. The van der Waals surface area contributed by atoms with E-state index >= 15 is 0 Å². The Morgan fingerprint density at radius 3 is 2.81 bits per heavy atom. The first-order chi connectivity index (χ1) is 7.63. The standard InChI is InChI=1S/C14H20O2/c1-4-5-9-14(15)12-7-6-8-13(10-12)16-11(2)3/h4,6-8,10-11,14-15H,1,5,9H2,2-3H3. The van der Waals surface area contributed by atoms with Crippen molar-refractivity contribution in [2.75, 3.05) is 0 Å². The molecule has 0 fully saturated rings. The van der Waals surface area contributed by atoms with Crippen LogP contribution in [0.25, 0.3) is 0 Å². The average molecular weight is 220 g/mol. The fourth-order valence-electron chi connectivity index (χ4n) is 1.51. The minimum atomic E-state index is -0.436. The summed E-state index contributed by atoms with van der Waals surface area (Å²) in [7, 11) is 0. The lowest BCUT2D eigenvalue weighted by Gasteiger charge is -2.13. The molecule has 0 aliphatic rings. The van der Waals surface area contributed by atoms with E-state index in [-0.39, 0.29) is 6.10 Å². The van der Waals surface area contributed by atoms with Gasteiger partial charge in [0.05, 0.1) is 12.2 Å². The molecule has 88 valence electrons. The lowest BCUT2D eigenvalue weighted by molar-refractivity contribution is 0.167. The Kier molecular flexibility index (Phi) is 5.06. The molecule has 1 aromatic carbocycles. The van der Waals surface area contributed by atoms with Crippen LogP contribution in [0, 0.1) is 0 Å². The monoisotopic (exact) mass is 220 g/mol. The summed E-state index contributed by atoms with van der Waals surface area (Å²) in [4.78, 5) is 0. The molecule has 0 aliphatic carbocycles. The quantitative estimate of drug-likeness (QED) is 0.744. The van der Waals surface area contributed by atoms with Gasteiger partial charge in [-0.3, -0.25) is 0 Å². The van der Waals surface area contributed by atoms with E-state index in [4.69, 9.17) is 4.74 Å². The van der Waals surface area contributed by atoms with Crippen molar-refractivity contribution in [1.82, 2.24) is 0 Å². The summed E-state index contributed by atoms with van der Waals surface area (Å²) in [5, 5.41) is 9.91. The number of ether oxygens (including phenoxy) is 1. The SMILES string of the molecule is C=CCCC(O)c1cccc(OC(C)C)c1. The zero-order valence-corrected chi connectivity index (χ0v) is 10.0. The van der Waals surface area contributed by atoms with Gasteiger partial charge in [0.25, 0.3) is 0 Å². The summed E-state index contributed by atoms with van der Waals surface area (Å²) >= 11 is 0. The van der Waals surface area contributed by atoms with Gasteiger partial charge in [0.15, 0.2) is 0 Å². The Labute approximate surface area is 97.6 Å². The van der Waals surface area contributed by atoms with Gasteiger partial charge in [-0.1, -0.05) is 18.2 Å². The molecule has 1 atom stereocenters. The normalized spacial score (nSPS) is 12.5. The zero-order valence-electron chi connectivity index (χ0n) is 10.0. The first kappa shape index (κ1) is 12.8. The van der Waals surface area contributed by atoms with Gasteiger partial charge in [-0.05, 0) is 44.4 Å². The summed E-state index contributed by atoms with van der Waals surface area (Å²) in [6.07, 6.45) is 3.05. The number of aliphatic hydroxyl groups excluding tert-OH is 1. The fourth-order valence-corrected chi connectivity index (χ4v) is 1.51. The molecule has 1 unspecified atom stereocenters. The van der Waals surface area contributed by atoms with Crippen LogP contribution in [-0.4, -0.2) is 11.2 Å². The van der Waals surface area contributed by atoms with Crippen molar-refractivity contribution in [3.05, 3.63) is 42.5 Å². The van der Waals surface area contributed by atoms with Gasteiger partial charge in [-0.15, -0.1) is 6.58 Å². The Hall–Kier alpha value is -1.28. The van der Waals surface area contributed by atoms with Crippen molar-refractivity contribution in [3.63, 3.8) is 0 Å². The summed E-state index contributed by atoms with van der Waals surface area (Å²) < 4.78 is 5.58. The van der Waals surface area contributed by atoms with E-state index in [0.717, 1.165) is 17.7 Å². The van der Waals surface area contributed by atoms with Crippen molar-refractivity contribution in [1.29, 1.82) is 0 Å². The molecule has 0 aromatic heterocycles. The maximum absolute atomic E-state index is 9.91. The smallest absolute Gasteiger partial charge is 0.120 e. The van der Waals surface area contributed by atoms with Crippen LogP contribution in [0.4, 0.5) is 0 Å². The van der Waals surface area contributed by atoms with E-state index in [1.807, 2.05) is 44.2 Å². The number of aliphatic hydroxyl groups is 1. The molecular weight excluding hydrogens is 200 g/mol. The topological polar surface area (TPSA) is 29.5 Å². The van der Waals surface area contributed by atoms with Crippen molar-refractivity contribution in [2.24, 2.45) is 0 Å². The van der Waals surface area contributed by atoms with E-state index in [0.29, 0.717) is 6.42 Å². The van der Waals surface area contributed by atoms with Gasteiger partial charge in [-0.2, -0.15) is 0 Å². The molecule has 2 heteroatoms. The molecular formula is C14H20O2. The second-order valence-electron chi connectivity index (χ2n) is 4.12. The van der Waals surface area contributed by atoms with Crippen LogP contribution in [-0.2, 0) is 0 Å². The van der Waals surface area contributed by atoms with Gasteiger partial charge in [-0.25, -0.2) is 0 Å². The van der Waals surface area contributed by atoms with Crippen molar-refractivity contribution < 1.29 is 9.84 Å². The lowest BCUT2D eigenvalue weighted by Crippen LogP contribution is -2.06. The van der Waals surface area contributed by atoms with E-state index < -0.39 is 6.10 Å². The highest BCUT2D eigenvalue weighted by molar-refractivity contribution is 5.30. The molecule has 1 N–H and O–H groups in total. The molecule has 2 nitrogen and oxygen atoms in total. The fraction of sp³-hybridized carbons (Fsp3) is 0.429. The van der Waals surface area contributed by atoms with E-state index in [9.17, 15) is 5.11 Å². The molecule has 0 amide bonds. The van der Waals surface area contributed by atoms with Gasteiger partial charge in [0.2, 0.25) is 0 Å². The summed E-state index contributed by atoms with van der Waals surface area (Å²) in [6.45, 7) is 7.62. The molecule has 16 heavy (non-hydrogen) atoms. The van der Waals surface area contributed by atoms with E-state index in [1.54, 1.807) is 0 Å². The van der Waals surface area contributed by atoms with Crippen LogP contribution in [0.2, 0.25) is 0 Å². The second kappa shape index (κ2) is 6.33.